The second-order valence-electron chi connectivity index (χ2n) is 6.31. The molecule has 1 N–H and O–H groups in total. The number of rotatable bonds is 10. The Balaban J connectivity index is 4.64. The van der Waals surface area contributed by atoms with E-state index in [4.69, 9.17) is 0 Å². The summed E-state index contributed by atoms with van der Waals surface area (Å²) in [7, 11) is 0. The average molecular weight is 256 g/mol. The Hall–Kier alpha value is -0.0800. The summed E-state index contributed by atoms with van der Waals surface area (Å²) in [5, 5.41) is 3.65. The molecule has 0 aromatic carbocycles. The van der Waals surface area contributed by atoms with E-state index in [2.05, 4.69) is 58.7 Å². The van der Waals surface area contributed by atoms with Crippen molar-refractivity contribution in [2.75, 3.05) is 19.6 Å². The molecule has 2 heteroatoms. The van der Waals surface area contributed by atoms with Gasteiger partial charge in [-0.15, -0.1) is 0 Å². The van der Waals surface area contributed by atoms with Crippen LogP contribution in [0, 0.1) is 5.41 Å². The van der Waals surface area contributed by atoms with Gasteiger partial charge in [0, 0.05) is 25.2 Å². The minimum atomic E-state index is 0.434. The third-order valence-electron chi connectivity index (χ3n) is 4.16. The molecule has 0 bridgehead atoms. The van der Waals surface area contributed by atoms with Crippen molar-refractivity contribution in [1.82, 2.24) is 10.2 Å². The minimum Gasteiger partial charge on any atom is -0.314 e. The van der Waals surface area contributed by atoms with Crippen molar-refractivity contribution >= 4 is 0 Å². The van der Waals surface area contributed by atoms with Crippen LogP contribution in [0.1, 0.15) is 67.7 Å². The Kier molecular flexibility index (Phi) is 8.89. The number of hydrogen-bond acceptors (Lipinski definition) is 2. The van der Waals surface area contributed by atoms with Crippen LogP contribution >= 0.6 is 0 Å². The number of hydrogen-bond donors (Lipinski definition) is 1. The van der Waals surface area contributed by atoms with Crippen molar-refractivity contribution in [2.45, 2.75) is 79.8 Å². The highest BCUT2D eigenvalue weighted by Crippen LogP contribution is 2.28. The second-order valence-corrected chi connectivity index (χ2v) is 6.31. The minimum absolute atomic E-state index is 0.434. The van der Waals surface area contributed by atoms with Gasteiger partial charge in [0.1, 0.15) is 0 Å². The monoisotopic (exact) mass is 256 g/mol. The first kappa shape index (κ1) is 17.9. The highest BCUT2D eigenvalue weighted by molar-refractivity contribution is 4.84. The molecule has 0 spiro atoms. The van der Waals surface area contributed by atoms with E-state index in [1.165, 1.54) is 32.4 Å². The molecule has 0 rings (SSSR count). The molecule has 0 aliphatic rings. The summed E-state index contributed by atoms with van der Waals surface area (Å²) >= 11 is 0. The summed E-state index contributed by atoms with van der Waals surface area (Å²) in [6.45, 7) is 19.7. The standard InChI is InChI=1S/C16H36N2/c1-8-11-18(15(6)7)13-16(9-2,10-3)12-17-14(4)5/h14-15,17H,8-13H2,1-7H3. The molecule has 2 nitrogen and oxygen atoms in total. The summed E-state index contributed by atoms with van der Waals surface area (Å²) < 4.78 is 0. The normalized spacial score (nSPS) is 13.0. The fourth-order valence-corrected chi connectivity index (χ4v) is 2.44. The van der Waals surface area contributed by atoms with Crippen LogP contribution < -0.4 is 5.32 Å². The summed E-state index contributed by atoms with van der Waals surface area (Å²) in [4.78, 5) is 2.65. The third kappa shape index (κ3) is 6.19. The Labute approximate surface area is 116 Å². The summed E-state index contributed by atoms with van der Waals surface area (Å²) in [5.41, 5.74) is 0.434. The summed E-state index contributed by atoms with van der Waals surface area (Å²) in [6.07, 6.45) is 3.77. The van der Waals surface area contributed by atoms with Gasteiger partial charge in [-0.2, -0.15) is 0 Å². The maximum Gasteiger partial charge on any atom is 0.00526 e. The van der Waals surface area contributed by atoms with Crippen LogP contribution in [0.5, 0.6) is 0 Å². The van der Waals surface area contributed by atoms with Crippen LogP contribution in [-0.4, -0.2) is 36.6 Å². The van der Waals surface area contributed by atoms with Crippen LogP contribution in [0.4, 0.5) is 0 Å². The molecule has 0 aromatic heterocycles. The van der Waals surface area contributed by atoms with E-state index >= 15 is 0 Å². The molecule has 0 fully saturated rings. The lowest BCUT2D eigenvalue weighted by Crippen LogP contribution is -2.47. The van der Waals surface area contributed by atoms with Crippen molar-refractivity contribution in [3.8, 4) is 0 Å². The molecule has 0 radical (unpaired) electrons. The first-order valence-electron chi connectivity index (χ1n) is 7.88. The number of nitrogens with one attached hydrogen (secondary N) is 1. The fourth-order valence-electron chi connectivity index (χ4n) is 2.44. The molecular formula is C16H36N2. The van der Waals surface area contributed by atoms with E-state index in [1.807, 2.05) is 0 Å². The highest BCUT2D eigenvalue weighted by atomic mass is 15.2. The third-order valence-corrected chi connectivity index (χ3v) is 4.16. The Morgan fingerprint density at radius 3 is 1.89 bits per heavy atom. The van der Waals surface area contributed by atoms with Gasteiger partial charge in [-0.25, -0.2) is 0 Å². The number of nitrogens with zero attached hydrogens (tertiary/aromatic N) is 1. The van der Waals surface area contributed by atoms with Gasteiger partial charge in [0.25, 0.3) is 0 Å². The molecule has 0 heterocycles. The van der Waals surface area contributed by atoms with Crippen molar-refractivity contribution < 1.29 is 0 Å². The smallest absolute Gasteiger partial charge is 0.00526 e. The molecule has 0 saturated carbocycles. The van der Waals surface area contributed by atoms with Gasteiger partial charge in [-0.3, -0.25) is 0 Å². The quantitative estimate of drug-likeness (QED) is 0.637. The maximum atomic E-state index is 3.65. The van der Waals surface area contributed by atoms with Crippen LogP contribution in [0.25, 0.3) is 0 Å². The van der Waals surface area contributed by atoms with Gasteiger partial charge in [0.05, 0.1) is 0 Å². The first-order valence-corrected chi connectivity index (χ1v) is 7.88. The van der Waals surface area contributed by atoms with Gasteiger partial charge in [0.15, 0.2) is 0 Å². The Bertz CT molecular complexity index is 195. The molecule has 0 unspecified atom stereocenters. The van der Waals surface area contributed by atoms with E-state index in [9.17, 15) is 0 Å². The molecule has 0 aliphatic heterocycles. The average Bonchev–Trinajstić information content (AvgIpc) is 2.33. The van der Waals surface area contributed by atoms with Crippen LogP contribution in [0.3, 0.4) is 0 Å². The van der Waals surface area contributed by atoms with Gasteiger partial charge >= 0.3 is 0 Å². The van der Waals surface area contributed by atoms with Crippen molar-refractivity contribution in [3.05, 3.63) is 0 Å². The molecule has 0 atom stereocenters. The van der Waals surface area contributed by atoms with Gasteiger partial charge in [-0.05, 0) is 45.1 Å². The molecule has 0 amide bonds. The lowest BCUT2D eigenvalue weighted by molar-refractivity contribution is 0.108. The SMILES string of the molecule is CCCN(CC(CC)(CC)CNC(C)C)C(C)C. The topological polar surface area (TPSA) is 15.3 Å². The zero-order chi connectivity index (χ0) is 14.2. The second kappa shape index (κ2) is 8.92. The first-order chi connectivity index (χ1) is 8.40. The predicted molar refractivity (Wildman–Crippen MR) is 83.2 cm³/mol. The molecule has 0 saturated heterocycles. The maximum absolute atomic E-state index is 3.65. The van der Waals surface area contributed by atoms with Crippen molar-refractivity contribution in [1.29, 1.82) is 0 Å². The van der Waals surface area contributed by atoms with Crippen molar-refractivity contribution in [3.63, 3.8) is 0 Å². The predicted octanol–water partition coefficient (Wildman–Crippen LogP) is 3.91. The summed E-state index contributed by atoms with van der Waals surface area (Å²) in [6, 6.07) is 1.24. The fraction of sp³-hybridized carbons (Fsp3) is 1.00. The van der Waals surface area contributed by atoms with Crippen molar-refractivity contribution in [2.24, 2.45) is 5.41 Å². The highest BCUT2D eigenvalue weighted by Gasteiger charge is 2.29. The lowest BCUT2D eigenvalue weighted by atomic mass is 9.81. The zero-order valence-electron chi connectivity index (χ0n) is 13.8. The van der Waals surface area contributed by atoms with Gasteiger partial charge in [-0.1, -0.05) is 34.6 Å². The van der Waals surface area contributed by atoms with E-state index in [-0.39, 0.29) is 0 Å². The molecule has 110 valence electrons. The van der Waals surface area contributed by atoms with Crippen LogP contribution in [0.15, 0.2) is 0 Å². The van der Waals surface area contributed by atoms with Crippen LogP contribution in [0.2, 0.25) is 0 Å². The molecule has 0 aromatic rings. The van der Waals surface area contributed by atoms with E-state index in [0.717, 1.165) is 6.54 Å². The zero-order valence-corrected chi connectivity index (χ0v) is 13.8. The largest absolute Gasteiger partial charge is 0.314 e. The van der Waals surface area contributed by atoms with Gasteiger partial charge < -0.3 is 10.2 Å². The Morgan fingerprint density at radius 1 is 1.00 bits per heavy atom. The lowest BCUT2D eigenvalue weighted by Gasteiger charge is -2.40. The van der Waals surface area contributed by atoms with E-state index < -0.39 is 0 Å². The van der Waals surface area contributed by atoms with Gasteiger partial charge in [0.2, 0.25) is 0 Å². The van der Waals surface area contributed by atoms with Crippen LogP contribution in [-0.2, 0) is 0 Å². The Morgan fingerprint density at radius 2 is 1.56 bits per heavy atom. The molecule has 0 aliphatic carbocycles. The molecular weight excluding hydrogens is 220 g/mol. The molecule has 18 heavy (non-hydrogen) atoms. The van der Waals surface area contributed by atoms with E-state index in [1.54, 1.807) is 0 Å². The summed E-state index contributed by atoms with van der Waals surface area (Å²) in [5.74, 6) is 0. The van der Waals surface area contributed by atoms with E-state index in [0.29, 0.717) is 17.5 Å².